The molecule has 0 radical (unpaired) electrons. The van der Waals surface area contributed by atoms with E-state index in [-0.39, 0.29) is 23.6 Å². The molecule has 0 saturated carbocycles. The van der Waals surface area contributed by atoms with Crippen molar-refractivity contribution in [3.05, 3.63) is 32.9 Å². The third-order valence-electron chi connectivity index (χ3n) is 4.13. The molecule has 1 aromatic rings. The molecule has 2 aliphatic heterocycles. The number of hydrogen-bond donors (Lipinski definition) is 1. The lowest BCUT2D eigenvalue weighted by Crippen LogP contribution is -2.42. The van der Waals surface area contributed by atoms with Crippen molar-refractivity contribution in [1.82, 2.24) is 10.2 Å². The summed E-state index contributed by atoms with van der Waals surface area (Å²) in [6.07, 6.45) is 2.89. The highest BCUT2D eigenvalue weighted by molar-refractivity contribution is 14.1. The van der Waals surface area contributed by atoms with E-state index in [1.54, 1.807) is 0 Å². The second-order valence-corrected chi connectivity index (χ2v) is 6.50. The molecule has 3 rings (SSSR count). The minimum absolute atomic E-state index is 0.166. The highest BCUT2D eigenvalue weighted by Crippen LogP contribution is 2.31. The second-order valence-electron chi connectivity index (χ2n) is 5.34. The molecule has 1 N–H and O–H groups in total. The zero-order valence-electron chi connectivity index (χ0n) is 10.8. The first-order valence-corrected chi connectivity index (χ1v) is 7.83. The van der Waals surface area contributed by atoms with E-state index >= 15 is 0 Å². The van der Waals surface area contributed by atoms with Gasteiger partial charge in [0.25, 0.3) is 5.91 Å². The summed E-state index contributed by atoms with van der Waals surface area (Å²) >= 11 is 1.89. The van der Waals surface area contributed by atoms with Crippen LogP contribution in [0.25, 0.3) is 0 Å². The molecule has 0 aliphatic carbocycles. The van der Waals surface area contributed by atoms with Crippen molar-refractivity contribution in [3.63, 3.8) is 0 Å². The number of fused-ring (bicyclic) bond motifs is 2. The summed E-state index contributed by atoms with van der Waals surface area (Å²) in [6, 6.07) is 2.49. The quantitative estimate of drug-likeness (QED) is 0.589. The summed E-state index contributed by atoms with van der Waals surface area (Å²) < 4.78 is 27.1. The van der Waals surface area contributed by atoms with E-state index in [0.29, 0.717) is 3.57 Å². The average molecular weight is 392 g/mol. The van der Waals surface area contributed by atoms with Crippen molar-refractivity contribution in [3.8, 4) is 0 Å². The molecule has 2 atom stereocenters. The Hall–Kier alpha value is -0.760. The van der Waals surface area contributed by atoms with Crippen LogP contribution >= 0.6 is 22.6 Å². The van der Waals surface area contributed by atoms with Gasteiger partial charge in [0.05, 0.1) is 5.56 Å². The first-order chi connectivity index (χ1) is 9.58. The van der Waals surface area contributed by atoms with Crippen LogP contribution in [0.4, 0.5) is 8.78 Å². The Bertz CT molecular complexity index is 538. The molecule has 2 bridgehead atoms. The smallest absolute Gasteiger partial charge is 0.255 e. The van der Waals surface area contributed by atoms with Gasteiger partial charge >= 0.3 is 0 Å². The van der Waals surface area contributed by atoms with E-state index in [9.17, 15) is 13.6 Å². The Balaban J connectivity index is 1.94. The molecule has 2 aliphatic rings. The number of carbonyl (C=O) groups is 1. The topological polar surface area (TPSA) is 32.3 Å². The first kappa shape index (κ1) is 14.2. The lowest BCUT2D eigenvalue weighted by molar-refractivity contribution is 0.0678. The molecule has 1 aromatic carbocycles. The van der Waals surface area contributed by atoms with E-state index in [2.05, 4.69) is 5.32 Å². The van der Waals surface area contributed by atoms with Crippen LogP contribution in [0.1, 0.15) is 29.6 Å². The van der Waals surface area contributed by atoms with Crippen molar-refractivity contribution in [1.29, 1.82) is 0 Å². The third kappa shape index (κ3) is 2.43. The summed E-state index contributed by atoms with van der Waals surface area (Å²) in [7, 11) is 0. The van der Waals surface area contributed by atoms with Gasteiger partial charge in [0.15, 0.2) is 11.6 Å². The zero-order chi connectivity index (χ0) is 14.3. The van der Waals surface area contributed by atoms with Crippen molar-refractivity contribution in [2.75, 3.05) is 13.1 Å². The minimum Gasteiger partial charge on any atom is -0.331 e. The van der Waals surface area contributed by atoms with Gasteiger partial charge in [-0.3, -0.25) is 4.79 Å². The fraction of sp³-hybridized carbons (Fsp3) is 0.500. The van der Waals surface area contributed by atoms with Gasteiger partial charge in [-0.2, -0.15) is 0 Å². The van der Waals surface area contributed by atoms with Gasteiger partial charge in [-0.05, 0) is 60.5 Å². The van der Waals surface area contributed by atoms with E-state index in [4.69, 9.17) is 0 Å². The number of rotatable bonds is 1. The number of halogens is 3. The molecular weight excluding hydrogens is 377 g/mol. The van der Waals surface area contributed by atoms with Gasteiger partial charge in [-0.15, -0.1) is 0 Å². The lowest BCUT2D eigenvalue weighted by atomic mass is 10.1. The Morgan fingerprint density at radius 2 is 1.90 bits per heavy atom. The molecule has 20 heavy (non-hydrogen) atoms. The predicted molar refractivity (Wildman–Crippen MR) is 79.5 cm³/mol. The molecular formula is C14H15F2IN2O. The number of nitrogens with zero attached hydrogens (tertiary/aromatic N) is 1. The Kier molecular flexibility index (Phi) is 3.94. The minimum atomic E-state index is -0.964. The summed E-state index contributed by atoms with van der Waals surface area (Å²) in [5.41, 5.74) is 0.267. The van der Waals surface area contributed by atoms with E-state index in [1.165, 1.54) is 0 Å². The summed E-state index contributed by atoms with van der Waals surface area (Å²) in [4.78, 5) is 14.6. The maximum atomic E-state index is 13.4. The van der Waals surface area contributed by atoms with Crippen molar-refractivity contribution in [2.24, 2.45) is 0 Å². The van der Waals surface area contributed by atoms with Crippen LogP contribution in [0.15, 0.2) is 12.1 Å². The van der Waals surface area contributed by atoms with Crippen LogP contribution in [0.3, 0.4) is 0 Å². The van der Waals surface area contributed by atoms with E-state index in [1.807, 2.05) is 27.5 Å². The van der Waals surface area contributed by atoms with Crippen LogP contribution in [0.5, 0.6) is 0 Å². The molecule has 2 saturated heterocycles. The molecule has 0 aromatic heterocycles. The van der Waals surface area contributed by atoms with Gasteiger partial charge in [-0.25, -0.2) is 8.78 Å². The number of nitrogens with one attached hydrogen (secondary N) is 1. The number of amides is 1. The average Bonchev–Trinajstić information content (AvgIpc) is 2.66. The molecule has 2 fully saturated rings. The maximum absolute atomic E-state index is 13.4. The van der Waals surface area contributed by atoms with Gasteiger partial charge in [-0.1, -0.05) is 0 Å². The molecule has 108 valence electrons. The summed E-state index contributed by atoms with van der Waals surface area (Å²) in [5.74, 6) is -2.05. The fourth-order valence-corrected chi connectivity index (χ4v) is 3.80. The van der Waals surface area contributed by atoms with Crippen LogP contribution in [0, 0.1) is 15.2 Å². The Morgan fingerprint density at radius 1 is 1.20 bits per heavy atom. The van der Waals surface area contributed by atoms with Gasteiger partial charge in [0, 0.05) is 22.2 Å². The van der Waals surface area contributed by atoms with Crippen molar-refractivity contribution < 1.29 is 13.6 Å². The molecule has 2 heterocycles. The lowest BCUT2D eigenvalue weighted by Gasteiger charge is -2.28. The standard InChI is InChI=1S/C14H15F2IN2O/c15-11-5-10(13(17)6-12(11)16)14(20)19-8-1-2-9(19)7-18-4-3-8/h5-6,8-9,18H,1-4,7H2. The highest BCUT2D eigenvalue weighted by Gasteiger charge is 2.39. The SMILES string of the molecule is O=C(c1cc(F)c(F)cc1I)N1C2CCNCC1CC2. The fourth-order valence-electron chi connectivity index (χ4n) is 3.14. The van der Waals surface area contributed by atoms with E-state index < -0.39 is 11.6 Å². The van der Waals surface area contributed by atoms with E-state index in [0.717, 1.165) is 44.5 Å². The predicted octanol–water partition coefficient (Wildman–Crippen LogP) is 2.54. The molecule has 2 unspecified atom stereocenters. The monoisotopic (exact) mass is 392 g/mol. The Labute approximate surface area is 129 Å². The number of benzene rings is 1. The first-order valence-electron chi connectivity index (χ1n) is 6.76. The molecule has 3 nitrogen and oxygen atoms in total. The van der Waals surface area contributed by atoms with Crippen molar-refractivity contribution >= 4 is 28.5 Å². The molecule has 0 spiro atoms. The van der Waals surface area contributed by atoms with Crippen LogP contribution in [0.2, 0.25) is 0 Å². The largest absolute Gasteiger partial charge is 0.331 e. The third-order valence-corrected chi connectivity index (χ3v) is 5.02. The molecule has 6 heteroatoms. The summed E-state index contributed by atoms with van der Waals surface area (Å²) in [6.45, 7) is 1.68. The van der Waals surface area contributed by atoms with Crippen LogP contribution in [-0.4, -0.2) is 36.0 Å². The second kappa shape index (κ2) is 5.55. The van der Waals surface area contributed by atoms with Crippen molar-refractivity contribution in [2.45, 2.75) is 31.3 Å². The van der Waals surface area contributed by atoms with Gasteiger partial charge < -0.3 is 10.2 Å². The Morgan fingerprint density at radius 3 is 2.70 bits per heavy atom. The normalized spacial score (nSPS) is 25.6. The number of hydrogen-bond acceptors (Lipinski definition) is 2. The van der Waals surface area contributed by atoms with Crippen LogP contribution in [-0.2, 0) is 0 Å². The highest BCUT2D eigenvalue weighted by atomic mass is 127. The summed E-state index contributed by atoms with van der Waals surface area (Å²) in [5, 5.41) is 3.32. The van der Waals surface area contributed by atoms with Gasteiger partial charge in [0.1, 0.15) is 0 Å². The maximum Gasteiger partial charge on any atom is 0.255 e. The number of carbonyl (C=O) groups excluding carboxylic acids is 1. The molecule has 1 amide bonds. The van der Waals surface area contributed by atoms with Crippen LogP contribution < -0.4 is 5.32 Å². The van der Waals surface area contributed by atoms with Gasteiger partial charge in [0.2, 0.25) is 0 Å². The zero-order valence-corrected chi connectivity index (χ0v) is 13.0.